The highest BCUT2D eigenvalue weighted by molar-refractivity contribution is 9.11. The van der Waals surface area contributed by atoms with Crippen LogP contribution in [0.2, 0.25) is 5.15 Å². The molecule has 0 spiro atoms. The molecule has 1 aromatic carbocycles. The van der Waals surface area contributed by atoms with E-state index in [0.29, 0.717) is 5.15 Å². The predicted octanol–water partition coefficient (Wildman–Crippen LogP) is 5.37. The second-order valence-electron chi connectivity index (χ2n) is 3.65. The minimum absolute atomic E-state index is 0.609. The van der Waals surface area contributed by atoms with Crippen molar-refractivity contribution in [2.24, 2.45) is 0 Å². The van der Waals surface area contributed by atoms with Crippen molar-refractivity contribution in [3.8, 4) is 0 Å². The van der Waals surface area contributed by atoms with Gasteiger partial charge in [-0.3, -0.25) is 0 Å². The lowest BCUT2D eigenvalue weighted by Gasteiger charge is -2.06. The normalized spacial score (nSPS) is 11.0. The van der Waals surface area contributed by atoms with Crippen LogP contribution in [0.5, 0.6) is 0 Å². The van der Waals surface area contributed by atoms with Gasteiger partial charge in [0.1, 0.15) is 5.15 Å². The van der Waals surface area contributed by atoms with Crippen LogP contribution < -0.4 is 0 Å². The van der Waals surface area contributed by atoms with Gasteiger partial charge in [-0.05, 0) is 46.1 Å². The van der Waals surface area contributed by atoms with Crippen LogP contribution in [0.15, 0.2) is 27.1 Å². The van der Waals surface area contributed by atoms with Gasteiger partial charge in [-0.25, -0.2) is 4.98 Å². The summed E-state index contributed by atoms with van der Waals surface area (Å²) in [4.78, 5) is 4.43. The summed E-state index contributed by atoms with van der Waals surface area (Å²) in [6.45, 7) is 2.14. The number of nitrogens with zero attached hydrogens (tertiary/aromatic N) is 1. The highest BCUT2D eigenvalue weighted by atomic mass is 79.9. The van der Waals surface area contributed by atoms with E-state index in [0.717, 1.165) is 38.3 Å². The van der Waals surface area contributed by atoms with Crippen molar-refractivity contribution in [2.75, 3.05) is 0 Å². The first-order valence-electron chi connectivity index (χ1n) is 5.06. The van der Waals surface area contributed by atoms with Gasteiger partial charge in [0.25, 0.3) is 0 Å². The molecule has 0 aliphatic carbocycles. The van der Waals surface area contributed by atoms with Crippen LogP contribution in [0, 0.1) is 0 Å². The molecule has 0 fully saturated rings. The van der Waals surface area contributed by atoms with Crippen molar-refractivity contribution in [1.29, 1.82) is 0 Å². The number of halogens is 3. The van der Waals surface area contributed by atoms with Crippen molar-refractivity contribution in [2.45, 2.75) is 19.8 Å². The van der Waals surface area contributed by atoms with E-state index in [1.165, 1.54) is 0 Å². The molecule has 1 aromatic heterocycles. The molecule has 0 aliphatic heterocycles. The number of pyridine rings is 1. The lowest BCUT2D eigenvalue weighted by molar-refractivity contribution is 0.917. The summed E-state index contributed by atoms with van der Waals surface area (Å²) >= 11 is 13.1. The third-order valence-corrected chi connectivity index (χ3v) is 3.77. The van der Waals surface area contributed by atoms with Crippen LogP contribution in [-0.4, -0.2) is 4.98 Å². The third-order valence-electron chi connectivity index (χ3n) is 2.38. The van der Waals surface area contributed by atoms with E-state index in [1.807, 2.05) is 6.07 Å². The van der Waals surface area contributed by atoms with Gasteiger partial charge in [-0.2, -0.15) is 0 Å². The number of fused-ring (bicyclic) bond motifs is 1. The van der Waals surface area contributed by atoms with Gasteiger partial charge in [0.15, 0.2) is 0 Å². The van der Waals surface area contributed by atoms with Crippen molar-refractivity contribution in [1.82, 2.24) is 4.98 Å². The van der Waals surface area contributed by atoms with Crippen LogP contribution in [0.3, 0.4) is 0 Å². The highest BCUT2D eigenvalue weighted by Gasteiger charge is 2.07. The lowest BCUT2D eigenvalue weighted by atomic mass is 10.1. The molecule has 1 nitrogen and oxygen atoms in total. The molecule has 84 valence electrons. The second kappa shape index (κ2) is 5.03. The number of hydrogen-bond acceptors (Lipinski definition) is 1. The first kappa shape index (κ1) is 12.3. The molecule has 0 aliphatic rings. The zero-order valence-corrected chi connectivity index (χ0v) is 12.7. The van der Waals surface area contributed by atoms with Crippen molar-refractivity contribution >= 4 is 54.4 Å². The molecule has 0 saturated heterocycles. The zero-order valence-electron chi connectivity index (χ0n) is 8.73. The Kier molecular flexibility index (Phi) is 3.88. The van der Waals surface area contributed by atoms with Crippen LogP contribution >= 0.6 is 43.5 Å². The van der Waals surface area contributed by atoms with Crippen LogP contribution in [-0.2, 0) is 6.42 Å². The van der Waals surface area contributed by atoms with E-state index in [4.69, 9.17) is 11.6 Å². The van der Waals surface area contributed by atoms with E-state index >= 15 is 0 Å². The second-order valence-corrected chi connectivity index (χ2v) is 5.78. The van der Waals surface area contributed by atoms with Gasteiger partial charge in [0.2, 0.25) is 0 Å². The van der Waals surface area contributed by atoms with Gasteiger partial charge in [0, 0.05) is 14.3 Å². The Morgan fingerprint density at radius 3 is 2.69 bits per heavy atom. The molecule has 0 radical (unpaired) electrons. The molecule has 2 rings (SSSR count). The van der Waals surface area contributed by atoms with Gasteiger partial charge in [-0.1, -0.05) is 40.9 Å². The summed E-state index contributed by atoms with van der Waals surface area (Å²) in [5.74, 6) is 0. The minimum atomic E-state index is 0.609. The topological polar surface area (TPSA) is 12.9 Å². The van der Waals surface area contributed by atoms with E-state index in [-0.39, 0.29) is 0 Å². The molecule has 0 N–H and O–H groups in total. The van der Waals surface area contributed by atoms with E-state index in [2.05, 4.69) is 55.9 Å². The first-order chi connectivity index (χ1) is 7.61. The number of aromatic nitrogens is 1. The molecular formula is C12H10Br2ClN. The maximum atomic E-state index is 6.15. The molecule has 1 heterocycles. The Balaban J connectivity index is 2.69. The van der Waals surface area contributed by atoms with Gasteiger partial charge in [0.05, 0.1) is 5.52 Å². The number of aryl methyl sites for hydroxylation is 1. The summed E-state index contributed by atoms with van der Waals surface area (Å²) in [7, 11) is 0. The van der Waals surface area contributed by atoms with Crippen molar-refractivity contribution in [3.63, 3.8) is 0 Å². The molecule has 2 aromatic rings. The van der Waals surface area contributed by atoms with Gasteiger partial charge < -0.3 is 0 Å². The lowest BCUT2D eigenvalue weighted by Crippen LogP contribution is -1.90. The van der Waals surface area contributed by atoms with Crippen LogP contribution in [0.1, 0.15) is 18.9 Å². The van der Waals surface area contributed by atoms with E-state index < -0.39 is 0 Å². The molecule has 0 amide bonds. The summed E-state index contributed by atoms with van der Waals surface area (Å²) < 4.78 is 2.00. The fourth-order valence-corrected chi connectivity index (χ4v) is 3.26. The third kappa shape index (κ3) is 2.41. The highest BCUT2D eigenvalue weighted by Crippen LogP contribution is 2.30. The maximum absolute atomic E-state index is 6.15. The number of hydrogen-bond donors (Lipinski definition) is 0. The zero-order chi connectivity index (χ0) is 11.7. The summed E-state index contributed by atoms with van der Waals surface area (Å²) in [5, 5.41) is 1.71. The number of rotatable bonds is 2. The molecule has 0 bridgehead atoms. The van der Waals surface area contributed by atoms with Gasteiger partial charge >= 0.3 is 0 Å². The van der Waals surface area contributed by atoms with Gasteiger partial charge in [-0.15, -0.1) is 0 Å². The Hall–Kier alpha value is -0.120. The Morgan fingerprint density at radius 2 is 2.00 bits per heavy atom. The quantitative estimate of drug-likeness (QED) is 0.654. The molecule has 0 saturated carbocycles. The van der Waals surface area contributed by atoms with E-state index in [9.17, 15) is 0 Å². The average molecular weight is 363 g/mol. The summed E-state index contributed by atoms with van der Waals surface area (Å²) in [6.07, 6.45) is 2.04. The monoisotopic (exact) mass is 361 g/mol. The standard InChI is InChI=1S/C12H10Br2ClN/c1-2-3-7-4-8-5-9(13)6-10(14)11(8)16-12(7)15/h4-6H,2-3H2,1H3. The van der Waals surface area contributed by atoms with Crippen molar-refractivity contribution < 1.29 is 0 Å². The van der Waals surface area contributed by atoms with Crippen molar-refractivity contribution in [3.05, 3.63) is 37.9 Å². The van der Waals surface area contributed by atoms with Crippen LogP contribution in [0.25, 0.3) is 10.9 Å². The Labute approximate surface area is 116 Å². The largest absolute Gasteiger partial charge is 0.235 e. The predicted molar refractivity (Wildman–Crippen MR) is 76.1 cm³/mol. The Morgan fingerprint density at radius 1 is 1.25 bits per heavy atom. The molecule has 4 heteroatoms. The SMILES string of the molecule is CCCc1cc2cc(Br)cc(Br)c2nc1Cl. The fraction of sp³-hybridized carbons (Fsp3) is 0.250. The molecule has 16 heavy (non-hydrogen) atoms. The minimum Gasteiger partial charge on any atom is -0.235 e. The van der Waals surface area contributed by atoms with Crippen LogP contribution in [0.4, 0.5) is 0 Å². The fourth-order valence-electron chi connectivity index (χ4n) is 1.68. The van der Waals surface area contributed by atoms with E-state index in [1.54, 1.807) is 0 Å². The first-order valence-corrected chi connectivity index (χ1v) is 7.02. The molecule has 0 atom stereocenters. The smallest absolute Gasteiger partial charge is 0.133 e. The average Bonchev–Trinajstić information content (AvgIpc) is 2.21. The number of benzene rings is 1. The summed E-state index contributed by atoms with van der Waals surface area (Å²) in [5.41, 5.74) is 2.02. The molecule has 0 unspecified atom stereocenters. The molecular weight excluding hydrogens is 353 g/mol. The summed E-state index contributed by atoms with van der Waals surface area (Å²) in [6, 6.07) is 6.15. The maximum Gasteiger partial charge on any atom is 0.133 e. The Bertz CT molecular complexity index is 540.